The van der Waals surface area contributed by atoms with Crippen molar-refractivity contribution < 1.29 is 14.6 Å². The highest BCUT2D eigenvalue weighted by atomic mass is 16.5. The van der Waals surface area contributed by atoms with Crippen molar-refractivity contribution in [2.75, 3.05) is 0 Å². The molecule has 3 aromatic rings. The first-order chi connectivity index (χ1) is 14.0. The highest BCUT2D eigenvalue weighted by Crippen LogP contribution is 2.30. The molecular formula is C24H26N2O3. The van der Waals surface area contributed by atoms with Gasteiger partial charge in [-0.25, -0.2) is 0 Å². The Kier molecular flexibility index (Phi) is 6.56. The Bertz CT molecular complexity index is 1030. The molecule has 29 heavy (non-hydrogen) atoms. The quantitative estimate of drug-likeness (QED) is 0.511. The fraction of sp³-hybridized carbons (Fsp3) is 0.333. The molecule has 0 saturated heterocycles. The van der Waals surface area contributed by atoms with Gasteiger partial charge in [-0.05, 0) is 54.7 Å². The standard InChI is InChI=1S/C24H26N2O3/c1-4-5-18(14-24(27)28)17-6-9-21(10-7-17)29-23(12-16(2)3)19-8-11-22-20(13-19)15-25-26-22/h6-11,13,15-16,18,23H,12,14H2,1-3H3,(H,25,26)(H,27,28). The molecule has 2 aromatic carbocycles. The highest BCUT2D eigenvalue weighted by Gasteiger charge is 2.18. The van der Waals surface area contributed by atoms with E-state index in [4.69, 9.17) is 9.84 Å². The molecule has 2 atom stereocenters. The second-order valence-electron chi connectivity index (χ2n) is 7.57. The molecule has 0 spiro atoms. The van der Waals surface area contributed by atoms with Gasteiger partial charge in [-0.15, -0.1) is 5.92 Å². The lowest BCUT2D eigenvalue weighted by Crippen LogP contribution is -2.11. The maximum absolute atomic E-state index is 11.1. The number of nitrogens with zero attached hydrogens (tertiary/aromatic N) is 1. The number of aliphatic carboxylic acids is 1. The Morgan fingerprint density at radius 1 is 1.17 bits per heavy atom. The molecule has 5 nitrogen and oxygen atoms in total. The van der Waals surface area contributed by atoms with E-state index < -0.39 is 5.97 Å². The number of nitrogens with one attached hydrogen (secondary N) is 1. The number of aromatic nitrogens is 2. The van der Waals surface area contributed by atoms with Crippen LogP contribution in [0, 0.1) is 17.8 Å². The minimum atomic E-state index is -0.857. The maximum Gasteiger partial charge on any atom is 0.304 e. The van der Waals surface area contributed by atoms with Gasteiger partial charge in [-0.1, -0.05) is 38.0 Å². The lowest BCUT2D eigenvalue weighted by molar-refractivity contribution is -0.137. The molecule has 0 bridgehead atoms. The van der Waals surface area contributed by atoms with Gasteiger partial charge in [0.2, 0.25) is 0 Å². The molecule has 1 heterocycles. The average molecular weight is 390 g/mol. The third-order valence-electron chi connectivity index (χ3n) is 4.78. The van der Waals surface area contributed by atoms with E-state index in [0.29, 0.717) is 5.92 Å². The third-order valence-corrected chi connectivity index (χ3v) is 4.78. The summed E-state index contributed by atoms with van der Waals surface area (Å²) in [6.45, 7) is 6.07. The Balaban J connectivity index is 1.81. The van der Waals surface area contributed by atoms with Gasteiger partial charge in [-0.3, -0.25) is 9.89 Å². The minimum absolute atomic E-state index is 0.0122. The first-order valence-electron chi connectivity index (χ1n) is 9.80. The monoisotopic (exact) mass is 390 g/mol. The lowest BCUT2D eigenvalue weighted by atomic mass is 9.96. The van der Waals surface area contributed by atoms with Gasteiger partial charge in [0.1, 0.15) is 11.9 Å². The number of aromatic amines is 1. The Hall–Kier alpha value is -3.26. The van der Waals surface area contributed by atoms with E-state index in [0.717, 1.165) is 34.2 Å². The summed E-state index contributed by atoms with van der Waals surface area (Å²) >= 11 is 0. The largest absolute Gasteiger partial charge is 0.486 e. The fourth-order valence-corrected chi connectivity index (χ4v) is 3.39. The molecule has 0 aliphatic carbocycles. The summed E-state index contributed by atoms with van der Waals surface area (Å²) in [4.78, 5) is 11.1. The summed E-state index contributed by atoms with van der Waals surface area (Å²) in [6, 6.07) is 13.8. The lowest BCUT2D eigenvalue weighted by Gasteiger charge is -2.22. The molecule has 2 unspecified atom stereocenters. The molecule has 1 aromatic heterocycles. The van der Waals surface area contributed by atoms with Gasteiger partial charge in [0.05, 0.1) is 24.1 Å². The van der Waals surface area contributed by atoms with E-state index in [9.17, 15) is 4.79 Å². The van der Waals surface area contributed by atoms with Crippen molar-refractivity contribution in [1.82, 2.24) is 10.2 Å². The molecule has 0 aliphatic rings. The first kappa shape index (κ1) is 20.5. The van der Waals surface area contributed by atoms with E-state index >= 15 is 0 Å². The van der Waals surface area contributed by atoms with Crippen LogP contribution in [0.1, 0.15) is 56.8 Å². The number of benzene rings is 2. The van der Waals surface area contributed by atoms with Crippen LogP contribution in [0.15, 0.2) is 48.7 Å². The Morgan fingerprint density at radius 2 is 1.90 bits per heavy atom. The number of carbonyl (C=O) groups is 1. The summed E-state index contributed by atoms with van der Waals surface area (Å²) in [7, 11) is 0. The Morgan fingerprint density at radius 3 is 2.55 bits per heavy atom. The van der Waals surface area contributed by atoms with Gasteiger partial charge < -0.3 is 9.84 Å². The molecule has 2 N–H and O–H groups in total. The molecule has 150 valence electrons. The van der Waals surface area contributed by atoms with Gasteiger partial charge in [0.15, 0.2) is 0 Å². The summed E-state index contributed by atoms with van der Waals surface area (Å²) in [6.07, 6.45) is 2.61. The van der Waals surface area contributed by atoms with Crippen LogP contribution in [-0.4, -0.2) is 21.3 Å². The zero-order valence-electron chi connectivity index (χ0n) is 17.0. The van der Waals surface area contributed by atoms with E-state index in [-0.39, 0.29) is 18.4 Å². The number of ether oxygens (including phenoxy) is 1. The molecule has 5 heteroatoms. The van der Waals surface area contributed by atoms with Crippen molar-refractivity contribution in [1.29, 1.82) is 0 Å². The van der Waals surface area contributed by atoms with Crippen molar-refractivity contribution in [3.05, 3.63) is 59.8 Å². The number of H-pyrrole nitrogens is 1. The van der Waals surface area contributed by atoms with Crippen LogP contribution in [0.2, 0.25) is 0 Å². The second-order valence-corrected chi connectivity index (χ2v) is 7.57. The normalized spacial score (nSPS) is 13.0. The highest BCUT2D eigenvalue weighted by molar-refractivity contribution is 5.78. The van der Waals surface area contributed by atoms with Crippen LogP contribution in [-0.2, 0) is 4.79 Å². The predicted molar refractivity (Wildman–Crippen MR) is 114 cm³/mol. The summed E-state index contributed by atoms with van der Waals surface area (Å²) < 4.78 is 6.33. The first-order valence-corrected chi connectivity index (χ1v) is 9.80. The van der Waals surface area contributed by atoms with Crippen LogP contribution < -0.4 is 4.74 Å². The van der Waals surface area contributed by atoms with Crippen molar-refractivity contribution in [3.8, 4) is 17.6 Å². The maximum atomic E-state index is 11.1. The number of fused-ring (bicyclic) bond motifs is 1. The van der Waals surface area contributed by atoms with Crippen LogP contribution in [0.3, 0.4) is 0 Å². The topological polar surface area (TPSA) is 75.2 Å². The minimum Gasteiger partial charge on any atom is -0.486 e. The van der Waals surface area contributed by atoms with Crippen molar-refractivity contribution in [3.63, 3.8) is 0 Å². The van der Waals surface area contributed by atoms with E-state index in [1.54, 1.807) is 6.92 Å². The molecule has 0 aliphatic heterocycles. The van der Waals surface area contributed by atoms with Crippen molar-refractivity contribution >= 4 is 16.9 Å². The zero-order chi connectivity index (χ0) is 20.8. The summed E-state index contributed by atoms with van der Waals surface area (Å²) in [5, 5.41) is 17.2. The number of rotatable bonds is 8. The Labute approximate surface area is 171 Å². The van der Waals surface area contributed by atoms with E-state index in [2.05, 4.69) is 48.0 Å². The molecule has 0 radical (unpaired) electrons. The van der Waals surface area contributed by atoms with Gasteiger partial charge in [0, 0.05) is 5.39 Å². The van der Waals surface area contributed by atoms with Crippen LogP contribution in [0.4, 0.5) is 0 Å². The zero-order valence-corrected chi connectivity index (χ0v) is 17.0. The second kappa shape index (κ2) is 9.29. The van der Waals surface area contributed by atoms with Crippen molar-refractivity contribution in [2.45, 2.75) is 45.6 Å². The SMILES string of the molecule is CC#CC(CC(=O)O)c1ccc(OC(CC(C)C)c2ccc3[nH]ncc3c2)cc1. The third kappa shape index (κ3) is 5.39. The van der Waals surface area contributed by atoms with Crippen LogP contribution in [0.5, 0.6) is 5.75 Å². The summed E-state index contributed by atoms with van der Waals surface area (Å²) in [5.41, 5.74) is 2.99. The average Bonchev–Trinajstić information content (AvgIpc) is 3.15. The van der Waals surface area contributed by atoms with Crippen LogP contribution in [0.25, 0.3) is 10.9 Å². The van der Waals surface area contributed by atoms with Crippen molar-refractivity contribution in [2.24, 2.45) is 5.92 Å². The summed E-state index contributed by atoms with van der Waals surface area (Å²) in [5.74, 6) is 5.85. The van der Waals surface area contributed by atoms with E-state index in [1.165, 1.54) is 0 Å². The number of hydrogen-bond acceptors (Lipinski definition) is 3. The molecule has 3 rings (SSSR count). The number of carboxylic acids is 1. The van der Waals surface area contributed by atoms with E-state index in [1.807, 2.05) is 36.5 Å². The fourth-order valence-electron chi connectivity index (χ4n) is 3.39. The molecule has 0 fully saturated rings. The number of carboxylic acid groups (broad SMARTS) is 1. The molecule has 0 saturated carbocycles. The van der Waals surface area contributed by atoms with Crippen LogP contribution >= 0.6 is 0 Å². The molecular weight excluding hydrogens is 364 g/mol. The number of hydrogen-bond donors (Lipinski definition) is 2. The van der Waals surface area contributed by atoms with Gasteiger partial charge >= 0.3 is 5.97 Å². The van der Waals surface area contributed by atoms with Gasteiger partial charge in [-0.2, -0.15) is 5.10 Å². The van der Waals surface area contributed by atoms with Gasteiger partial charge in [0.25, 0.3) is 0 Å². The predicted octanol–water partition coefficient (Wildman–Crippen LogP) is 5.31. The smallest absolute Gasteiger partial charge is 0.304 e. The molecule has 0 amide bonds.